The first-order valence-electron chi connectivity index (χ1n) is 15.2. The maximum absolute atomic E-state index is 13.6. The van der Waals surface area contributed by atoms with E-state index in [9.17, 15) is 34.2 Å². The fourth-order valence-electron chi connectivity index (χ4n) is 5.51. The van der Waals surface area contributed by atoms with Crippen LogP contribution in [-0.4, -0.2) is 81.3 Å². The van der Waals surface area contributed by atoms with Crippen molar-refractivity contribution in [2.75, 3.05) is 24.2 Å². The maximum Gasteiger partial charge on any atom is 0.329 e. The van der Waals surface area contributed by atoms with E-state index in [4.69, 9.17) is 4.74 Å². The van der Waals surface area contributed by atoms with Crippen molar-refractivity contribution in [1.29, 1.82) is 0 Å². The van der Waals surface area contributed by atoms with Crippen LogP contribution in [0.3, 0.4) is 0 Å². The highest BCUT2D eigenvalue weighted by molar-refractivity contribution is 8.00. The van der Waals surface area contributed by atoms with Gasteiger partial charge in [0.2, 0.25) is 11.8 Å². The predicted molar refractivity (Wildman–Crippen MR) is 174 cm³/mol. The standard InChI is InChI=1S/C34H36N4O8S/c39-20-34(32(43)44)19-38-29(41)27(30(38)47-21-34)37-26(40)18-10-17-25(36-33(45)35-24-15-8-3-9-16-24)31(42)46-28(22-11-4-1-5-12-22)23-13-6-2-7-14-23/h1-9,11-16,25,27-28,30,39H,10,17-21H2,(H,37,40)(H,43,44)(H2,35,36,45)/t25?,27?,30-,34?/m1/s1. The number of rotatable bonds is 13. The number of ether oxygens (including phenoxy) is 1. The second-order valence-corrected chi connectivity index (χ2v) is 12.6. The van der Waals surface area contributed by atoms with Gasteiger partial charge in [-0.2, -0.15) is 0 Å². The summed E-state index contributed by atoms with van der Waals surface area (Å²) in [5, 5.41) is 26.9. The first kappa shape index (κ1) is 33.5. The number of amides is 4. The number of nitrogens with one attached hydrogen (secondary N) is 3. The van der Waals surface area contributed by atoms with Crippen LogP contribution in [0, 0.1) is 5.41 Å². The van der Waals surface area contributed by atoms with Crippen LogP contribution < -0.4 is 16.0 Å². The van der Waals surface area contributed by atoms with Crippen molar-refractivity contribution in [3.8, 4) is 0 Å². The van der Waals surface area contributed by atoms with Gasteiger partial charge in [0.15, 0.2) is 6.10 Å². The number of carbonyl (C=O) groups excluding carboxylic acids is 4. The molecule has 5 N–H and O–H groups in total. The average Bonchev–Trinajstić information content (AvgIpc) is 3.09. The summed E-state index contributed by atoms with van der Waals surface area (Å²) in [5.41, 5.74) is 0.592. The van der Waals surface area contributed by atoms with Gasteiger partial charge in [0.25, 0.3) is 0 Å². The zero-order valence-corrected chi connectivity index (χ0v) is 26.2. The van der Waals surface area contributed by atoms with Crippen LogP contribution in [-0.2, 0) is 23.9 Å². The van der Waals surface area contributed by atoms with Crippen molar-refractivity contribution in [3.05, 3.63) is 102 Å². The molecule has 2 fully saturated rings. The lowest BCUT2D eigenvalue weighted by Gasteiger charge is -2.53. The molecular weight excluding hydrogens is 624 g/mol. The smallest absolute Gasteiger partial charge is 0.329 e. The number of esters is 1. The number of hydrogen-bond acceptors (Lipinski definition) is 8. The molecule has 4 atom stereocenters. The van der Waals surface area contributed by atoms with E-state index in [2.05, 4.69) is 16.0 Å². The number of benzene rings is 3. The Morgan fingerprint density at radius 2 is 1.53 bits per heavy atom. The third kappa shape index (κ3) is 7.92. The molecule has 0 spiro atoms. The van der Waals surface area contributed by atoms with E-state index in [0.717, 1.165) is 11.1 Å². The first-order valence-corrected chi connectivity index (χ1v) is 16.2. The molecule has 4 amide bonds. The Labute approximate surface area is 275 Å². The summed E-state index contributed by atoms with van der Waals surface area (Å²) in [6.07, 6.45) is -0.511. The molecule has 0 saturated carbocycles. The van der Waals surface area contributed by atoms with Gasteiger partial charge in [-0.15, -0.1) is 11.8 Å². The number of urea groups is 1. The van der Waals surface area contributed by atoms with E-state index in [1.807, 2.05) is 66.7 Å². The maximum atomic E-state index is 13.6. The zero-order chi connectivity index (χ0) is 33.4. The highest BCUT2D eigenvalue weighted by atomic mass is 32.2. The Morgan fingerprint density at radius 1 is 0.936 bits per heavy atom. The number of aliphatic hydroxyl groups is 1. The van der Waals surface area contributed by atoms with Crippen LogP contribution in [0.15, 0.2) is 91.0 Å². The largest absolute Gasteiger partial charge is 0.481 e. The first-order chi connectivity index (χ1) is 22.7. The van der Waals surface area contributed by atoms with Crippen LogP contribution in [0.25, 0.3) is 0 Å². The van der Waals surface area contributed by atoms with Crippen LogP contribution in [0.5, 0.6) is 0 Å². The molecule has 13 heteroatoms. The number of hydrogen-bond donors (Lipinski definition) is 5. The van der Waals surface area contributed by atoms with Crippen molar-refractivity contribution in [2.45, 2.75) is 42.8 Å². The Kier molecular flexibility index (Phi) is 10.8. The number of nitrogens with zero attached hydrogens (tertiary/aromatic N) is 1. The number of carboxylic acids is 1. The molecule has 5 rings (SSSR count). The molecule has 0 radical (unpaired) electrons. The van der Waals surface area contributed by atoms with Gasteiger partial charge >= 0.3 is 18.0 Å². The molecule has 2 aliphatic heterocycles. The van der Waals surface area contributed by atoms with Crippen LogP contribution in [0.1, 0.15) is 36.5 Å². The van der Waals surface area contributed by atoms with Gasteiger partial charge in [-0.25, -0.2) is 9.59 Å². The Bertz CT molecular complexity index is 1540. The number of β-lactam (4-membered cyclic amide) rings is 1. The zero-order valence-electron chi connectivity index (χ0n) is 25.4. The summed E-state index contributed by atoms with van der Waals surface area (Å²) in [4.78, 5) is 65.2. The van der Waals surface area contributed by atoms with E-state index in [-0.39, 0.29) is 31.6 Å². The second-order valence-electron chi connectivity index (χ2n) is 11.5. The van der Waals surface area contributed by atoms with Gasteiger partial charge in [0.1, 0.15) is 22.9 Å². The summed E-state index contributed by atoms with van der Waals surface area (Å²) in [7, 11) is 0. The number of carboxylic acid groups (broad SMARTS) is 1. The number of aliphatic hydroxyl groups excluding tert-OH is 1. The Hall–Kier alpha value is -4.88. The fraction of sp³-hybridized carbons (Fsp3) is 0.324. The van der Waals surface area contributed by atoms with Crippen molar-refractivity contribution >= 4 is 47.2 Å². The number of para-hydroxylation sites is 1. The fourth-order valence-corrected chi connectivity index (χ4v) is 7.04. The van der Waals surface area contributed by atoms with E-state index in [1.165, 1.54) is 16.7 Å². The minimum Gasteiger partial charge on any atom is -0.481 e. The van der Waals surface area contributed by atoms with Crippen molar-refractivity contribution < 1.29 is 38.9 Å². The molecule has 2 saturated heterocycles. The summed E-state index contributed by atoms with van der Waals surface area (Å²) in [5.74, 6) is -2.59. The number of carbonyl (C=O) groups is 5. The Morgan fingerprint density at radius 3 is 2.11 bits per heavy atom. The molecule has 3 unspecified atom stereocenters. The monoisotopic (exact) mass is 660 g/mol. The number of fused-ring (bicyclic) bond motifs is 1. The summed E-state index contributed by atoms with van der Waals surface area (Å²) in [6, 6.07) is 24.7. The molecule has 12 nitrogen and oxygen atoms in total. The molecule has 2 aliphatic rings. The number of aliphatic carboxylic acids is 1. The predicted octanol–water partition coefficient (Wildman–Crippen LogP) is 3.14. The van der Waals surface area contributed by atoms with Crippen LogP contribution in [0.4, 0.5) is 10.5 Å². The lowest BCUT2D eigenvalue weighted by atomic mass is 9.88. The highest BCUT2D eigenvalue weighted by Gasteiger charge is 2.57. The molecular formula is C34H36N4O8S. The minimum atomic E-state index is -1.44. The summed E-state index contributed by atoms with van der Waals surface area (Å²) in [6.45, 7) is -0.726. The lowest BCUT2D eigenvalue weighted by molar-refractivity contribution is -0.161. The van der Waals surface area contributed by atoms with Crippen LogP contribution >= 0.6 is 11.8 Å². The summed E-state index contributed by atoms with van der Waals surface area (Å²) < 4.78 is 6.01. The number of anilines is 1. The van der Waals surface area contributed by atoms with Crippen molar-refractivity contribution in [2.24, 2.45) is 5.41 Å². The van der Waals surface area contributed by atoms with E-state index < -0.39 is 65.4 Å². The molecule has 246 valence electrons. The van der Waals surface area contributed by atoms with Crippen LogP contribution in [0.2, 0.25) is 0 Å². The molecule has 2 heterocycles. The molecule has 47 heavy (non-hydrogen) atoms. The van der Waals surface area contributed by atoms with E-state index in [1.54, 1.807) is 24.3 Å². The lowest BCUT2D eigenvalue weighted by Crippen LogP contribution is -2.74. The number of thioether (sulfide) groups is 1. The van der Waals surface area contributed by atoms with Gasteiger partial charge in [-0.05, 0) is 36.1 Å². The van der Waals surface area contributed by atoms with Gasteiger partial charge in [0.05, 0.1) is 6.61 Å². The van der Waals surface area contributed by atoms with Gasteiger partial charge in [-0.3, -0.25) is 14.4 Å². The quantitative estimate of drug-likeness (QED) is 0.136. The van der Waals surface area contributed by atoms with Gasteiger partial charge in [-0.1, -0.05) is 78.9 Å². The molecule has 0 aliphatic carbocycles. The van der Waals surface area contributed by atoms with E-state index in [0.29, 0.717) is 5.69 Å². The molecule has 3 aromatic carbocycles. The topological polar surface area (TPSA) is 174 Å². The molecule has 0 bridgehead atoms. The Balaban J connectivity index is 1.22. The highest BCUT2D eigenvalue weighted by Crippen LogP contribution is 2.42. The molecule has 3 aromatic rings. The van der Waals surface area contributed by atoms with Crippen molar-refractivity contribution in [3.63, 3.8) is 0 Å². The summed E-state index contributed by atoms with van der Waals surface area (Å²) >= 11 is 1.20. The third-order valence-corrected chi connectivity index (χ3v) is 9.76. The second kappa shape index (κ2) is 15.1. The van der Waals surface area contributed by atoms with Gasteiger partial charge < -0.3 is 35.8 Å². The SMILES string of the molecule is O=C(CCCC(NC(=O)Nc1ccccc1)C(=O)OC(c1ccccc1)c1ccccc1)NC1C(=O)N2CC(CO)(C(=O)O)CS[C@H]12. The van der Waals surface area contributed by atoms with E-state index >= 15 is 0 Å². The third-order valence-electron chi connectivity index (χ3n) is 8.17. The van der Waals surface area contributed by atoms with Crippen molar-refractivity contribution in [1.82, 2.24) is 15.5 Å². The van der Waals surface area contributed by atoms with Gasteiger partial charge in [0, 0.05) is 24.4 Å². The average molecular weight is 661 g/mol. The molecule has 0 aromatic heterocycles. The normalized spacial score (nSPS) is 20.7. The minimum absolute atomic E-state index is 0.0383.